The average molecular weight is 518 g/mol. The van der Waals surface area contributed by atoms with Crippen LogP contribution in [0.15, 0.2) is 77.7 Å². The SMILES string of the molecule is O=C(COc1ccc(S(=O)(=O)Nc2ccccc2)cc1)Nc1cc(C(F)(F)F)cc(C(F)(F)F)c1. The van der Waals surface area contributed by atoms with Crippen molar-refractivity contribution < 1.29 is 44.3 Å². The monoisotopic (exact) mass is 518 g/mol. The Morgan fingerprint density at radius 2 is 1.31 bits per heavy atom. The number of para-hydroxylation sites is 1. The maximum atomic E-state index is 12.9. The molecule has 0 aliphatic heterocycles. The summed E-state index contributed by atoms with van der Waals surface area (Å²) in [6.07, 6.45) is -10.1. The van der Waals surface area contributed by atoms with E-state index in [1.54, 1.807) is 30.3 Å². The van der Waals surface area contributed by atoms with Crippen LogP contribution in [0, 0.1) is 0 Å². The van der Waals surface area contributed by atoms with Crippen LogP contribution in [0.25, 0.3) is 0 Å². The van der Waals surface area contributed by atoms with Gasteiger partial charge in [-0.25, -0.2) is 8.42 Å². The summed E-state index contributed by atoms with van der Waals surface area (Å²) in [4.78, 5) is 11.9. The lowest BCUT2D eigenvalue weighted by molar-refractivity contribution is -0.143. The van der Waals surface area contributed by atoms with Crippen LogP contribution in [0.2, 0.25) is 0 Å². The molecule has 2 N–H and O–H groups in total. The van der Waals surface area contributed by atoms with Gasteiger partial charge in [-0.05, 0) is 54.6 Å². The maximum Gasteiger partial charge on any atom is 0.416 e. The number of halogens is 6. The molecule has 0 radical (unpaired) electrons. The van der Waals surface area contributed by atoms with E-state index in [4.69, 9.17) is 4.74 Å². The third-order valence-electron chi connectivity index (χ3n) is 4.40. The molecule has 186 valence electrons. The van der Waals surface area contributed by atoms with Gasteiger partial charge in [0.2, 0.25) is 0 Å². The summed E-state index contributed by atoms with van der Waals surface area (Å²) >= 11 is 0. The van der Waals surface area contributed by atoms with E-state index < -0.39 is 51.7 Å². The van der Waals surface area contributed by atoms with Gasteiger partial charge in [0.25, 0.3) is 15.9 Å². The Kier molecular flexibility index (Phi) is 7.29. The first-order valence-corrected chi connectivity index (χ1v) is 11.1. The van der Waals surface area contributed by atoms with Gasteiger partial charge < -0.3 is 10.1 Å². The summed E-state index contributed by atoms with van der Waals surface area (Å²) in [5.74, 6) is -0.987. The number of rotatable bonds is 7. The van der Waals surface area contributed by atoms with Crippen molar-refractivity contribution in [1.82, 2.24) is 0 Å². The Balaban J connectivity index is 1.65. The van der Waals surface area contributed by atoms with Crippen LogP contribution in [0.1, 0.15) is 11.1 Å². The van der Waals surface area contributed by atoms with E-state index in [1.165, 1.54) is 24.3 Å². The molecular formula is C22H16F6N2O4S. The van der Waals surface area contributed by atoms with Gasteiger partial charge in [0, 0.05) is 11.4 Å². The fourth-order valence-electron chi connectivity index (χ4n) is 2.81. The third-order valence-corrected chi connectivity index (χ3v) is 5.80. The topological polar surface area (TPSA) is 84.5 Å². The van der Waals surface area contributed by atoms with Gasteiger partial charge in [-0.1, -0.05) is 18.2 Å². The van der Waals surface area contributed by atoms with Crippen molar-refractivity contribution in [2.45, 2.75) is 17.2 Å². The lowest BCUT2D eigenvalue weighted by Crippen LogP contribution is -2.21. The van der Waals surface area contributed by atoms with E-state index in [-0.39, 0.29) is 16.7 Å². The lowest BCUT2D eigenvalue weighted by atomic mass is 10.1. The molecule has 13 heteroatoms. The first-order valence-electron chi connectivity index (χ1n) is 9.64. The summed E-state index contributed by atoms with van der Waals surface area (Å²) in [5.41, 5.74) is -3.53. The highest BCUT2D eigenvalue weighted by Crippen LogP contribution is 2.37. The molecule has 0 unspecified atom stereocenters. The molecule has 0 heterocycles. The Morgan fingerprint density at radius 3 is 1.83 bits per heavy atom. The van der Waals surface area contributed by atoms with Crippen LogP contribution in [0.5, 0.6) is 5.75 Å². The first kappa shape index (κ1) is 25.9. The quantitative estimate of drug-likeness (QED) is 0.402. The molecule has 0 fully saturated rings. The number of ether oxygens (including phenoxy) is 1. The Bertz CT molecular complexity index is 1260. The molecule has 0 spiro atoms. The molecular weight excluding hydrogens is 502 g/mol. The minimum atomic E-state index is -5.06. The number of hydrogen-bond acceptors (Lipinski definition) is 4. The molecule has 0 saturated heterocycles. The average Bonchev–Trinajstić information content (AvgIpc) is 2.77. The second-order valence-electron chi connectivity index (χ2n) is 7.07. The molecule has 0 saturated carbocycles. The van der Waals surface area contributed by atoms with E-state index >= 15 is 0 Å². The normalized spacial score (nSPS) is 12.2. The standard InChI is InChI=1S/C22H16F6N2O4S/c23-21(24,25)14-10-15(22(26,27)28)12-17(11-14)29-20(31)13-34-18-6-8-19(9-7-18)35(32,33)30-16-4-2-1-3-5-16/h1-12,30H,13H2,(H,29,31). The second-order valence-corrected chi connectivity index (χ2v) is 8.76. The van der Waals surface area contributed by atoms with Crippen molar-refractivity contribution in [3.8, 4) is 5.75 Å². The molecule has 0 aliphatic rings. The van der Waals surface area contributed by atoms with Crippen LogP contribution in [0.4, 0.5) is 37.7 Å². The van der Waals surface area contributed by atoms with E-state index in [0.29, 0.717) is 17.8 Å². The second kappa shape index (κ2) is 9.86. The number of benzene rings is 3. The number of sulfonamides is 1. The molecule has 3 aromatic carbocycles. The molecule has 1 amide bonds. The summed E-state index contributed by atoms with van der Waals surface area (Å²) in [5, 5.41) is 1.93. The smallest absolute Gasteiger partial charge is 0.416 e. The molecule has 0 bridgehead atoms. The minimum absolute atomic E-state index is 0.0406. The predicted octanol–water partition coefficient (Wildman–Crippen LogP) is 5.54. The van der Waals surface area contributed by atoms with Gasteiger partial charge in [-0.3, -0.25) is 9.52 Å². The molecule has 3 aromatic rings. The van der Waals surface area contributed by atoms with Crippen LogP contribution < -0.4 is 14.8 Å². The van der Waals surface area contributed by atoms with Crippen molar-refractivity contribution in [2.75, 3.05) is 16.6 Å². The number of nitrogens with one attached hydrogen (secondary N) is 2. The maximum absolute atomic E-state index is 12.9. The van der Waals surface area contributed by atoms with Crippen LogP contribution in [0.3, 0.4) is 0 Å². The van der Waals surface area contributed by atoms with E-state index in [1.807, 2.05) is 5.32 Å². The van der Waals surface area contributed by atoms with E-state index in [2.05, 4.69) is 4.72 Å². The van der Waals surface area contributed by atoms with E-state index in [0.717, 1.165) is 0 Å². The minimum Gasteiger partial charge on any atom is -0.484 e. The van der Waals surface area contributed by atoms with Crippen LogP contribution in [-0.2, 0) is 27.2 Å². The van der Waals surface area contributed by atoms with Crippen molar-refractivity contribution in [3.05, 3.63) is 83.9 Å². The number of alkyl halides is 6. The summed E-state index contributed by atoms with van der Waals surface area (Å²) < 4.78 is 110. The Hall–Kier alpha value is -3.74. The number of anilines is 2. The fraction of sp³-hybridized carbons (Fsp3) is 0.136. The van der Waals surface area contributed by atoms with Gasteiger partial charge in [0.05, 0.1) is 16.0 Å². The molecule has 0 aliphatic carbocycles. The fourth-order valence-corrected chi connectivity index (χ4v) is 3.87. The summed E-state index contributed by atoms with van der Waals surface area (Å²) in [6.45, 7) is -0.758. The lowest BCUT2D eigenvalue weighted by Gasteiger charge is -2.15. The Labute approximate surface area is 195 Å². The van der Waals surface area contributed by atoms with Crippen LogP contribution >= 0.6 is 0 Å². The zero-order chi connectivity index (χ0) is 25.9. The van der Waals surface area contributed by atoms with Gasteiger partial charge in [-0.15, -0.1) is 0 Å². The number of hydrogen-bond donors (Lipinski definition) is 2. The Morgan fingerprint density at radius 1 is 0.771 bits per heavy atom. The van der Waals surface area contributed by atoms with Gasteiger partial charge >= 0.3 is 12.4 Å². The van der Waals surface area contributed by atoms with Gasteiger partial charge in [-0.2, -0.15) is 26.3 Å². The highest BCUT2D eigenvalue weighted by molar-refractivity contribution is 7.92. The number of carbonyl (C=O) groups is 1. The molecule has 6 nitrogen and oxygen atoms in total. The molecule has 35 heavy (non-hydrogen) atoms. The van der Waals surface area contributed by atoms with Gasteiger partial charge in [0.1, 0.15) is 5.75 Å². The van der Waals surface area contributed by atoms with Crippen LogP contribution in [-0.4, -0.2) is 20.9 Å². The number of amides is 1. The predicted molar refractivity (Wildman–Crippen MR) is 114 cm³/mol. The van der Waals surface area contributed by atoms with Crippen molar-refractivity contribution >= 4 is 27.3 Å². The van der Waals surface area contributed by atoms with E-state index in [9.17, 15) is 39.6 Å². The molecule has 3 rings (SSSR count). The third kappa shape index (κ3) is 7.12. The van der Waals surface area contributed by atoms with Crippen molar-refractivity contribution in [3.63, 3.8) is 0 Å². The highest BCUT2D eigenvalue weighted by Gasteiger charge is 2.37. The van der Waals surface area contributed by atoms with Crippen molar-refractivity contribution in [2.24, 2.45) is 0 Å². The highest BCUT2D eigenvalue weighted by atomic mass is 32.2. The zero-order valence-electron chi connectivity index (χ0n) is 17.4. The zero-order valence-corrected chi connectivity index (χ0v) is 18.3. The largest absolute Gasteiger partial charge is 0.484 e. The summed E-state index contributed by atoms with van der Waals surface area (Å²) in [6, 6.07) is 13.6. The molecule has 0 aromatic heterocycles. The van der Waals surface area contributed by atoms with Gasteiger partial charge in [0.15, 0.2) is 6.61 Å². The summed E-state index contributed by atoms with van der Waals surface area (Å²) in [7, 11) is -3.90. The first-order chi connectivity index (χ1) is 16.2. The molecule has 0 atom stereocenters. The van der Waals surface area contributed by atoms with Crippen molar-refractivity contribution in [1.29, 1.82) is 0 Å². The number of carbonyl (C=O) groups excluding carboxylic acids is 1.